The molecule has 1 amide bonds. The highest BCUT2D eigenvalue weighted by molar-refractivity contribution is 7.19. The second-order valence-electron chi connectivity index (χ2n) is 8.54. The molecule has 4 aromatic rings. The van der Waals surface area contributed by atoms with Gasteiger partial charge in [0.1, 0.15) is 0 Å². The summed E-state index contributed by atoms with van der Waals surface area (Å²) in [4.78, 5) is 41.0. The van der Waals surface area contributed by atoms with Crippen molar-refractivity contribution in [1.82, 2.24) is 24.2 Å². The van der Waals surface area contributed by atoms with Gasteiger partial charge in [0.05, 0.1) is 27.5 Å². The van der Waals surface area contributed by atoms with Crippen LogP contribution >= 0.6 is 11.3 Å². The zero-order valence-corrected chi connectivity index (χ0v) is 20.7. The van der Waals surface area contributed by atoms with E-state index in [-0.39, 0.29) is 11.4 Å². The number of pyridine rings is 1. The molecule has 0 saturated heterocycles. The molecule has 35 heavy (non-hydrogen) atoms. The largest absolute Gasteiger partial charge is 0.503 e. The predicted octanol–water partition coefficient (Wildman–Crippen LogP) is 4.17. The van der Waals surface area contributed by atoms with E-state index >= 15 is 0 Å². The average molecular weight is 490 g/mol. The first-order valence-corrected chi connectivity index (χ1v) is 12.6. The summed E-state index contributed by atoms with van der Waals surface area (Å²) in [5, 5.41) is 11.0. The molecule has 1 aromatic carbocycles. The summed E-state index contributed by atoms with van der Waals surface area (Å²) in [6.07, 6.45) is 3.30. The van der Waals surface area contributed by atoms with Crippen LogP contribution < -0.4 is 0 Å². The van der Waals surface area contributed by atoms with Gasteiger partial charge in [0.2, 0.25) is 5.78 Å². The minimum atomic E-state index is -0.704. The number of nitrogens with zero attached hydrogens (tertiary/aromatic N) is 5. The number of aryl methyl sites for hydroxylation is 1. The number of fused-ring (bicyclic) bond motifs is 3. The van der Waals surface area contributed by atoms with Crippen LogP contribution in [0.4, 0.5) is 0 Å². The molecule has 0 radical (unpaired) electrons. The van der Waals surface area contributed by atoms with Gasteiger partial charge >= 0.3 is 0 Å². The van der Waals surface area contributed by atoms with Gasteiger partial charge in [-0.05, 0) is 43.8 Å². The maximum atomic E-state index is 13.9. The molecule has 4 heterocycles. The standard InChI is InChI=1S/C26H27N5O3S/c1-4-29(5-2)13-14-30-21(17-9-8-12-27-15-17)20(23(33)25(30)34)22(32)24-16(3)31-19-11-7-6-10-18(19)28-26(31)35-24/h6-12,15,21,33H,4-5,13-14H2,1-3H3. The van der Waals surface area contributed by atoms with Crippen molar-refractivity contribution in [1.29, 1.82) is 0 Å². The van der Waals surface area contributed by atoms with Crippen LogP contribution in [0.5, 0.6) is 0 Å². The Morgan fingerprint density at radius 1 is 1.17 bits per heavy atom. The summed E-state index contributed by atoms with van der Waals surface area (Å²) in [5.41, 5.74) is 3.30. The molecule has 0 bridgehead atoms. The zero-order valence-electron chi connectivity index (χ0n) is 19.9. The summed E-state index contributed by atoms with van der Waals surface area (Å²) in [6, 6.07) is 10.7. The number of thiazole rings is 1. The smallest absolute Gasteiger partial charge is 0.290 e. The Balaban J connectivity index is 1.58. The van der Waals surface area contributed by atoms with Crippen molar-refractivity contribution in [2.75, 3.05) is 26.2 Å². The van der Waals surface area contributed by atoms with Gasteiger partial charge in [0, 0.05) is 31.2 Å². The highest BCUT2D eigenvalue weighted by Crippen LogP contribution is 2.40. The predicted molar refractivity (Wildman–Crippen MR) is 136 cm³/mol. The lowest BCUT2D eigenvalue weighted by atomic mass is 9.96. The lowest BCUT2D eigenvalue weighted by molar-refractivity contribution is -0.129. The average Bonchev–Trinajstić information content (AvgIpc) is 3.49. The fraction of sp³-hybridized carbons (Fsp3) is 0.308. The molecule has 1 unspecified atom stereocenters. The number of amides is 1. The van der Waals surface area contributed by atoms with Crippen molar-refractivity contribution >= 4 is 39.0 Å². The number of imidazole rings is 1. The fourth-order valence-corrected chi connectivity index (χ4v) is 5.88. The maximum absolute atomic E-state index is 13.9. The molecular weight excluding hydrogens is 462 g/mol. The number of carbonyl (C=O) groups is 2. The van der Waals surface area contributed by atoms with Gasteiger partial charge in [-0.1, -0.05) is 43.4 Å². The number of likely N-dealkylation sites (N-methyl/N-ethyl adjacent to an activating group) is 1. The Bertz CT molecular complexity index is 1450. The van der Waals surface area contributed by atoms with Crippen molar-refractivity contribution in [2.45, 2.75) is 26.8 Å². The van der Waals surface area contributed by atoms with Crippen LogP contribution in [-0.2, 0) is 4.79 Å². The summed E-state index contributed by atoms with van der Waals surface area (Å²) in [6.45, 7) is 8.74. The van der Waals surface area contributed by atoms with Crippen molar-refractivity contribution in [3.63, 3.8) is 0 Å². The first kappa shape index (κ1) is 23.2. The van der Waals surface area contributed by atoms with E-state index < -0.39 is 17.7 Å². The number of Topliss-reactive ketones (excluding diaryl/α,β-unsaturated/α-hetero) is 1. The number of carbonyl (C=O) groups excluding carboxylic acids is 2. The molecule has 8 nitrogen and oxygen atoms in total. The summed E-state index contributed by atoms with van der Waals surface area (Å²) < 4.78 is 1.96. The number of hydrogen-bond acceptors (Lipinski definition) is 7. The molecule has 180 valence electrons. The first-order valence-electron chi connectivity index (χ1n) is 11.7. The van der Waals surface area contributed by atoms with Crippen LogP contribution in [0, 0.1) is 6.92 Å². The Kier molecular flexibility index (Phi) is 6.12. The number of rotatable bonds is 8. The van der Waals surface area contributed by atoms with Gasteiger partial charge in [0.15, 0.2) is 10.7 Å². The van der Waals surface area contributed by atoms with Gasteiger partial charge in [-0.15, -0.1) is 0 Å². The Morgan fingerprint density at radius 3 is 2.66 bits per heavy atom. The SMILES string of the molecule is CCN(CC)CCN1C(=O)C(O)=C(C(=O)c2sc3nc4ccccc4n3c2C)C1c1cccnc1. The first-order chi connectivity index (χ1) is 17.0. The van der Waals surface area contributed by atoms with Gasteiger partial charge in [0.25, 0.3) is 5.91 Å². The fourth-order valence-electron chi connectivity index (χ4n) is 4.79. The van der Waals surface area contributed by atoms with Crippen LogP contribution in [0.1, 0.15) is 40.8 Å². The summed E-state index contributed by atoms with van der Waals surface area (Å²) >= 11 is 1.28. The Morgan fingerprint density at radius 2 is 1.94 bits per heavy atom. The Hall–Kier alpha value is -3.56. The highest BCUT2D eigenvalue weighted by atomic mass is 32.1. The molecule has 0 aliphatic carbocycles. The number of aromatic nitrogens is 3. The number of benzene rings is 1. The van der Waals surface area contributed by atoms with Crippen molar-refractivity contribution in [3.05, 3.63) is 76.3 Å². The number of ketones is 1. The lowest BCUT2D eigenvalue weighted by Crippen LogP contribution is -2.38. The number of para-hydroxylation sites is 2. The molecule has 0 fully saturated rings. The molecule has 1 N–H and O–H groups in total. The van der Waals surface area contributed by atoms with Crippen LogP contribution in [0.15, 0.2) is 60.1 Å². The van der Waals surface area contributed by atoms with E-state index in [9.17, 15) is 14.7 Å². The van der Waals surface area contributed by atoms with E-state index in [0.717, 1.165) is 29.8 Å². The van der Waals surface area contributed by atoms with E-state index in [2.05, 4.69) is 28.7 Å². The summed E-state index contributed by atoms with van der Waals surface area (Å²) in [7, 11) is 0. The van der Waals surface area contributed by atoms with Crippen LogP contribution in [0.2, 0.25) is 0 Å². The molecule has 1 aliphatic heterocycles. The molecular formula is C26H27N5O3S. The number of aliphatic hydroxyl groups excluding tert-OH is 1. The minimum absolute atomic E-state index is 0.0967. The third-order valence-electron chi connectivity index (χ3n) is 6.69. The number of aliphatic hydroxyl groups is 1. The third-order valence-corrected chi connectivity index (χ3v) is 7.83. The van der Waals surface area contributed by atoms with Crippen molar-refractivity contribution in [3.8, 4) is 0 Å². The second-order valence-corrected chi connectivity index (χ2v) is 9.52. The van der Waals surface area contributed by atoms with E-state index in [1.54, 1.807) is 23.4 Å². The molecule has 0 spiro atoms. The molecule has 3 aromatic heterocycles. The normalized spacial score (nSPS) is 16.4. The quantitative estimate of drug-likeness (QED) is 0.374. The lowest BCUT2D eigenvalue weighted by Gasteiger charge is -2.29. The summed E-state index contributed by atoms with van der Waals surface area (Å²) in [5.74, 6) is -1.37. The van der Waals surface area contributed by atoms with Crippen LogP contribution in [0.25, 0.3) is 16.0 Å². The van der Waals surface area contributed by atoms with E-state index in [1.165, 1.54) is 11.3 Å². The van der Waals surface area contributed by atoms with Gasteiger partial charge in [-0.2, -0.15) is 0 Å². The molecule has 0 saturated carbocycles. The van der Waals surface area contributed by atoms with E-state index in [0.29, 0.717) is 28.5 Å². The second kappa shape index (κ2) is 9.24. The molecule has 5 rings (SSSR count). The molecule has 1 aliphatic rings. The highest BCUT2D eigenvalue weighted by Gasteiger charge is 2.44. The van der Waals surface area contributed by atoms with Crippen molar-refractivity contribution in [2.24, 2.45) is 0 Å². The van der Waals surface area contributed by atoms with Gasteiger partial charge in [-0.25, -0.2) is 4.98 Å². The number of hydrogen-bond donors (Lipinski definition) is 1. The minimum Gasteiger partial charge on any atom is -0.503 e. The zero-order chi connectivity index (χ0) is 24.7. The van der Waals surface area contributed by atoms with Crippen molar-refractivity contribution < 1.29 is 14.7 Å². The van der Waals surface area contributed by atoms with Gasteiger partial charge in [-0.3, -0.25) is 19.0 Å². The Labute approximate surface area is 207 Å². The van der Waals surface area contributed by atoms with E-state index in [4.69, 9.17) is 0 Å². The van der Waals surface area contributed by atoms with Crippen LogP contribution in [-0.4, -0.2) is 67.1 Å². The molecule has 9 heteroatoms. The topological polar surface area (TPSA) is 91.0 Å². The molecule has 1 atom stereocenters. The van der Waals surface area contributed by atoms with E-state index in [1.807, 2.05) is 41.7 Å². The van der Waals surface area contributed by atoms with Crippen LogP contribution in [0.3, 0.4) is 0 Å². The van der Waals surface area contributed by atoms with Gasteiger partial charge < -0.3 is 14.9 Å². The third kappa shape index (κ3) is 3.81. The monoisotopic (exact) mass is 489 g/mol. The maximum Gasteiger partial charge on any atom is 0.290 e.